The van der Waals surface area contributed by atoms with E-state index in [4.69, 9.17) is 4.74 Å². The van der Waals surface area contributed by atoms with Crippen molar-refractivity contribution in [2.24, 2.45) is 0 Å². The van der Waals surface area contributed by atoms with Crippen LogP contribution in [0.25, 0.3) is 5.69 Å². The first-order valence-corrected chi connectivity index (χ1v) is 9.75. The van der Waals surface area contributed by atoms with Gasteiger partial charge in [0.05, 0.1) is 12.9 Å². The van der Waals surface area contributed by atoms with Crippen LogP contribution in [0.3, 0.4) is 0 Å². The third kappa shape index (κ3) is 4.85. The molecule has 3 rings (SSSR count). The molecule has 0 atom stereocenters. The second-order valence-corrected chi connectivity index (χ2v) is 6.98. The van der Waals surface area contributed by atoms with Gasteiger partial charge in [-0.25, -0.2) is 0 Å². The first-order valence-electron chi connectivity index (χ1n) is 8.77. The standard InChI is InChI=1S/C18H23N5O2S/c1-25-16-10-6-5-9-15(16)23-18(20-21-22-23)26-13-17(24)19-12-11-14-7-3-2-4-8-14/h5-7,9-10H,2-4,8,11-13H2,1H3,(H,19,24). The third-order valence-electron chi connectivity index (χ3n) is 4.24. The summed E-state index contributed by atoms with van der Waals surface area (Å²) in [6.45, 7) is 0.683. The number of carbonyl (C=O) groups is 1. The Morgan fingerprint density at radius 3 is 3.04 bits per heavy atom. The summed E-state index contributed by atoms with van der Waals surface area (Å²) in [5.74, 6) is 0.932. The maximum absolute atomic E-state index is 12.1. The number of methoxy groups -OCH3 is 1. The van der Waals surface area contributed by atoms with E-state index in [1.54, 1.807) is 11.8 Å². The van der Waals surface area contributed by atoms with Crippen molar-refractivity contribution in [1.82, 2.24) is 25.5 Å². The molecule has 1 amide bonds. The van der Waals surface area contributed by atoms with Crippen LogP contribution in [-0.4, -0.2) is 45.5 Å². The topological polar surface area (TPSA) is 81.9 Å². The van der Waals surface area contributed by atoms with Crippen molar-refractivity contribution in [2.75, 3.05) is 19.4 Å². The highest BCUT2D eigenvalue weighted by molar-refractivity contribution is 7.99. The van der Waals surface area contributed by atoms with Gasteiger partial charge in [0.1, 0.15) is 11.4 Å². The Hall–Kier alpha value is -2.35. The summed E-state index contributed by atoms with van der Waals surface area (Å²) in [5.41, 5.74) is 2.21. The van der Waals surface area contributed by atoms with Crippen molar-refractivity contribution in [3.8, 4) is 11.4 Å². The average molecular weight is 373 g/mol. The predicted molar refractivity (Wildman–Crippen MR) is 101 cm³/mol. The zero-order valence-corrected chi connectivity index (χ0v) is 15.7. The third-order valence-corrected chi connectivity index (χ3v) is 5.16. The summed E-state index contributed by atoms with van der Waals surface area (Å²) in [6.07, 6.45) is 8.14. The van der Waals surface area contributed by atoms with Crippen LogP contribution in [0, 0.1) is 0 Å². The molecule has 1 N–H and O–H groups in total. The van der Waals surface area contributed by atoms with E-state index in [0.717, 1.165) is 18.5 Å². The fourth-order valence-corrected chi connectivity index (χ4v) is 3.61. The lowest BCUT2D eigenvalue weighted by molar-refractivity contribution is -0.118. The highest BCUT2D eigenvalue weighted by Gasteiger charge is 2.14. The average Bonchev–Trinajstić information content (AvgIpc) is 3.15. The number of allylic oxidation sites excluding steroid dienone is 1. The van der Waals surface area contributed by atoms with Gasteiger partial charge in [-0.2, -0.15) is 4.68 Å². The van der Waals surface area contributed by atoms with E-state index in [0.29, 0.717) is 17.5 Å². The molecule has 0 aliphatic heterocycles. The van der Waals surface area contributed by atoms with Gasteiger partial charge in [-0.05, 0) is 54.7 Å². The number of aromatic nitrogens is 4. The Morgan fingerprint density at radius 2 is 2.23 bits per heavy atom. The van der Waals surface area contributed by atoms with E-state index in [-0.39, 0.29) is 11.7 Å². The van der Waals surface area contributed by atoms with Crippen LogP contribution in [-0.2, 0) is 4.79 Å². The first kappa shape index (κ1) is 18.4. The molecule has 8 heteroatoms. The molecule has 0 saturated heterocycles. The minimum atomic E-state index is -0.0130. The molecule has 1 aromatic heterocycles. The number of tetrazole rings is 1. The van der Waals surface area contributed by atoms with Crippen LogP contribution >= 0.6 is 11.8 Å². The summed E-state index contributed by atoms with van der Waals surface area (Å²) in [5, 5.41) is 15.3. The molecule has 0 fully saturated rings. The molecule has 26 heavy (non-hydrogen) atoms. The molecule has 1 aliphatic rings. The van der Waals surface area contributed by atoms with Crippen molar-refractivity contribution in [1.29, 1.82) is 0 Å². The summed E-state index contributed by atoms with van der Waals surface area (Å²) in [6, 6.07) is 7.49. The molecule has 138 valence electrons. The van der Waals surface area contributed by atoms with E-state index >= 15 is 0 Å². The Labute approximate surface area is 157 Å². The molecule has 1 aliphatic carbocycles. The van der Waals surface area contributed by atoms with Crippen molar-refractivity contribution >= 4 is 17.7 Å². The molecule has 0 saturated carbocycles. The second-order valence-electron chi connectivity index (χ2n) is 6.04. The van der Waals surface area contributed by atoms with Gasteiger partial charge >= 0.3 is 0 Å². The molecule has 1 heterocycles. The van der Waals surface area contributed by atoms with Gasteiger partial charge in [0.2, 0.25) is 11.1 Å². The van der Waals surface area contributed by atoms with Gasteiger partial charge in [0.25, 0.3) is 0 Å². The number of thioether (sulfide) groups is 1. The van der Waals surface area contributed by atoms with Crippen LogP contribution in [0.5, 0.6) is 5.75 Å². The van der Waals surface area contributed by atoms with E-state index in [1.165, 1.54) is 36.6 Å². The van der Waals surface area contributed by atoms with Crippen LogP contribution in [0.2, 0.25) is 0 Å². The van der Waals surface area contributed by atoms with Crippen LogP contribution < -0.4 is 10.1 Å². The lowest BCUT2D eigenvalue weighted by Gasteiger charge is -2.13. The first-order chi connectivity index (χ1) is 12.8. The Morgan fingerprint density at radius 1 is 1.35 bits per heavy atom. The number of hydrogen-bond donors (Lipinski definition) is 1. The van der Waals surface area contributed by atoms with Gasteiger partial charge in [-0.3, -0.25) is 4.79 Å². The molecule has 0 unspecified atom stereocenters. The number of amides is 1. The normalized spacial score (nSPS) is 14.0. The molecular weight excluding hydrogens is 350 g/mol. The number of para-hydroxylation sites is 2. The number of nitrogens with one attached hydrogen (secondary N) is 1. The molecule has 7 nitrogen and oxygen atoms in total. The smallest absolute Gasteiger partial charge is 0.230 e. The molecular formula is C18H23N5O2S. The monoisotopic (exact) mass is 373 g/mol. The number of ether oxygens (including phenoxy) is 1. The minimum Gasteiger partial charge on any atom is -0.494 e. The Bertz CT molecular complexity index is 774. The second kappa shape index (κ2) is 9.38. The maximum Gasteiger partial charge on any atom is 0.230 e. The SMILES string of the molecule is COc1ccccc1-n1nnnc1SCC(=O)NCCC1=CCCCC1. The lowest BCUT2D eigenvalue weighted by Crippen LogP contribution is -2.26. The summed E-state index contributed by atoms with van der Waals surface area (Å²) < 4.78 is 6.94. The zero-order valence-electron chi connectivity index (χ0n) is 14.9. The van der Waals surface area contributed by atoms with Crippen molar-refractivity contribution in [3.05, 3.63) is 35.9 Å². The zero-order chi connectivity index (χ0) is 18.2. The fraction of sp³-hybridized carbons (Fsp3) is 0.444. The van der Waals surface area contributed by atoms with E-state index < -0.39 is 0 Å². The molecule has 2 aromatic rings. The van der Waals surface area contributed by atoms with Crippen LogP contribution in [0.15, 0.2) is 41.1 Å². The molecule has 0 bridgehead atoms. The molecule has 1 aromatic carbocycles. The van der Waals surface area contributed by atoms with Crippen LogP contribution in [0.1, 0.15) is 32.1 Å². The Balaban J connectivity index is 1.51. The molecule has 0 radical (unpaired) electrons. The van der Waals surface area contributed by atoms with Crippen molar-refractivity contribution < 1.29 is 9.53 Å². The van der Waals surface area contributed by atoms with Gasteiger partial charge in [0, 0.05) is 6.54 Å². The van der Waals surface area contributed by atoms with Gasteiger partial charge in [-0.15, -0.1) is 5.10 Å². The largest absolute Gasteiger partial charge is 0.494 e. The summed E-state index contributed by atoms with van der Waals surface area (Å²) in [7, 11) is 1.60. The fourth-order valence-electron chi connectivity index (χ4n) is 2.90. The summed E-state index contributed by atoms with van der Waals surface area (Å²) in [4.78, 5) is 12.1. The number of nitrogens with zero attached hydrogens (tertiary/aromatic N) is 4. The Kier molecular flexibility index (Phi) is 6.65. The van der Waals surface area contributed by atoms with Crippen LogP contribution in [0.4, 0.5) is 0 Å². The van der Waals surface area contributed by atoms with E-state index in [1.807, 2.05) is 24.3 Å². The number of carbonyl (C=O) groups excluding carboxylic acids is 1. The van der Waals surface area contributed by atoms with E-state index in [9.17, 15) is 4.79 Å². The minimum absolute atomic E-state index is 0.0130. The highest BCUT2D eigenvalue weighted by Crippen LogP contribution is 2.25. The number of benzene rings is 1. The van der Waals surface area contributed by atoms with Crippen molar-refractivity contribution in [3.63, 3.8) is 0 Å². The quantitative estimate of drug-likeness (QED) is 0.566. The lowest BCUT2D eigenvalue weighted by atomic mass is 9.97. The highest BCUT2D eigenvalue weighted by atomic mass is 32.2. The van der Waals surface area contributed by atoms with Gasteiger partial charge < -0.3 is 10.1 Å². The van der Waals surface area contributed by atoms with Gasteiger partial charge in [0.15, 0.2) is 0 Å². The number of rotatable bonds is 8. The number of hydrogen-bond acceptors (Lipinski definition) is 6. The maximum atomic E-state index is 12.1. The molecule has 0 spiro atoms. The van der Waals surface area contributed by atoms with Crippen molar-refractivity contribution in [2.45, 2.75) is 37.3 Å². The van der Waals surface area contributed by atoms with Gasteiger partial charge in [-0.1, -0.05) is 35.5 Å². The van der Waals surface area contributed by atoms with E-state index in [2.05, 4.69) is 26.9 Å². The predicted octanol–water partition coefficient (Wildman–Crippen LogP) is 2.77. The summed E-state index contributed by atoms with van der Waals surface area (Å²) >= 11 is 1.31.